The molecule has 1 aliphatic rings. The van der Waals surface area contributed by atoms with E-state index in [1.165, 1.54) is 23.9 Å². The molecule has 0 aliphatic carbocycles. The van der Waals surface area contributed by atoms with Gasteiger partial charge in [0.05, 0.1) is 12.6 Å². The first-order valence-corrected chi connectivity index (χ1v) is 6.12. The lowest BCUT2D eigenvalue weighted by molar-refractivity contribution is -0.144. The fourth-order valence-corrected chi connectivity index (χ4v) is 2.02. The van der Waals surface area contributed by atoms with Gasteiger partial charge < -0.3 is 14.5 Å². The number of amides is 2. The van der Waals surface area contributed by atoms with Crippen molar-refractivity contribution in [2.24, 2.45) is 0 Å². The number of carbonyl (C=O) groups excluding carboxylic acids is 2. The number of nitrogens with zero attached hydrogens (tertiary/aromatic N) is 2. The molecular formula is C12H21FN2O3. The molecule has 5 nitrogen and oxygen atoms in total. The van der Waals surface area contributed by atoms with E-state index in [0.29, 0.717) is 13.0 Å². The van der Waals surface area contributed by atoms with Crippen molar-refractivity contribution in [3.8, 4) is 0 Å². The molecule has 0 saturated carbocycles. The Labute approximate surface area is 107 Å². The third-order valence-corrected chi connectivity index (χ3v) is 2.83. The Bertz CT molecular complexity index is 333. The van der Waals surface area contributed by atoms with Crippen LogP contribution in [0.5, 0.6) is 0 Å². The number of carbonyl (C=O) groups is 2. The lowest BCUT2D eigenvalue weighted by Crippen LogP contribution is -2.55. The summed E-state index contributed by atoms with van der Waals surface area (Å²) in [6, 6.07) is 0. The first-order valence-electron chi connectivity index (χ1n) is 6.12. The fraction of sp³-hybridized carbons (Fsp3) is 0.833. The minimum atomic E-state index is -1.99. The molecule has 0 aromatic rings. The van der Waals surface area contributed by atoms with Gasteiger partial charge in [-0.15, -0.1) is 0 Å². The highest BCUT2D eigenvalue weighted by Crippen LogP contribution is 2.27. The number of hydrogen-bond acceptors (Lipinski definition) is 3. The minimum Gasteiger partial charge on any atom is -0.447 e. The van der Waals surface area contributed by atoms with Gasteiger partial charge >= 0.3 is 6.09 Å². The van der Waals surface area contributed by atoms with Crippen molar-refractivity contribution in [2.45, 2.75) is 38.5 Å². The molecular weight excluding hydrogens is 239 g/mol. The van der Waals surface area contributed by atoms with Crippen molar-refractivity contribution >= 4 is 12.0 Å². The summed E-state index contributed by atoms with van der Waals surface area (Å²) in [5, 5.41) is 0. The molecule has 0 spiro atoms. The normalized spacial score (nSPS) is 24.0. The van der Waals surface area contributed by atoms with Crippen molar-refractivity contribution in [1.82, 2.24) is 9.80 Å². The molecule has 1 atom stereocenters. The zero-order valence-corrected chi connectivity index (χ0v) is 11.4. The maximum atomic E-state index is 14.5. The van der Waals surface area contributed by atoms with E-state index in [4.69, 9.17) is 4.74 Å². The van der Waals surface area contributed by atoms with E-state index in [9.17, 15) is 14.0 Å². The van der Waals surface area contributed by atoms with Crippen LogP contribution in [0.4, 0.5) is 9.18 Å². The predicted molar refractivity (Wildman–Crippen MR) is 65.0 cm³/mol. The monoisotopic (exact) mass is 260 g/mol. The summed E-state index contributed by atoms with van der Waals surface area (Å²) < 4.78 is 19.5. The van der Waals surface area contributed by atoms with Gasteiger partial charge in [-0.1, -0.05) is 0 Å². The Kier molecular flexibility index (Phi) is 4.53. The van der Waals surface area contributed by atoms with E-state index in [-0.39, 0.29) is 19.1 Å². The predicted octanol–water partition coefficient (Wildman–Crippen LogP) is 1.42. The summed E-state index contributed by atoms with van der Waals surface area (Å²) in [6.45, 7) is 3.67. The van der Waals surface area contributed by atoms with Gasteiger partial charge in [-0.3, -0.25) is 4.79 Å². The Morgan fingerprint density at radius 2 is 2.00 bits per heavy atom. The summed E-state index contributed by atoms with van der Waals surface area (Å²) in [7, 11) is 3.02. The Morgan fingerprint density at radius 3 is 2.50 bits per heavy atom. The van der Waals surface area contributed by atoms with Crippen LogP contribution in [0.1, 0.15) is 26.7 Å². The first kappa shape index (κ1) is 14.7. The molecule has 1 saturated heterocycles. The number of rotatable bonds is 2. The van der Waals surface area contributed by atoms with Gasteiger partial charge in [0, 0.05) is 20.6 Å². The third kappa shape index (κ3) is 3.34. The highest BCUT2D eigenvalue weighted by atomic mass is 19.1. The number of likely N-dealkylation sites (tertiary alicyclic amines) is 1. The summed E-state index contributed by atoms with van der Waals surface area (Å²) in [6.07, 6.45) is -0.199. The van der Waals surface area contributed by atoms with Crippen molar-refractivity contribution in [3.05, 3.63) is 0 Å². The van der Waals surface area contributed by atoms with Gasteiger partial charge in [0.15, 0.2) is 0 Å². The van der Waals surface area contributed by atoms with Crippen LogP contribution < -0.4 is 0 Å². The number of alkyl halides is 1. The first-order chi connectivity index (χ1) is 8.26. The Hall–Kier alpha value is -1.33. The largest absolute Gasteiger partial charge is 0.447 e. The van der Waals surface area contributed by atoms with E-state index < -0.39 is 17.7 Å². The second-order valence-electron chi connectivity index (χ2n) is 5.12. The fourth-order valence-electron chi connectivity index (χ4n) is 2.02. The summed E-state index contributed by atoms with van der Waals surface area (Å²) in [5.74, 6) is -0.593. The van der Waals surface area contributed by atoms with Crippen LogP contribution in [0.25, 0.3) is 0 Å². The van der Waals surface area contributed by atoms with E-state index >= 15 is 0 Å². The summed E-state index contributed by atoms with van der Waals surface area (Å²) in [5.41, 5.74) is -1.99. The maximum Gasteiger partial charge on any atom is 0.410 e. The Balaban J connectivity index is 2.71. The zero-order chi connectivity index (χ0) is 13.9. The van der Waals surface area contributed by atoms with Gasteiger partial charge in [0.25, 0.3) is 5.91 Å². The second-order valence-corrected chi connectivity index (χ2v) is 5.12. The smallest absolute Gasteiger partial charge is 0.410 e. The molecule has 1 heterocycles. The zero-order valence-electron chi connectivity index (χ0n) is 11.4. The third-order valence-electron chi connectivity index (χ3n) is 2.83. The molecule has 1 fully saturated rings. The van der Waals surface area contributed by atoms with E-state index in [2.05, 4.69) is 0 Å². The quantitative estimate of drug-likeness (QED) is 0.754. The molecule has 6 heteroatoms. The van der Waals surface area contributed by atoms with Crippen LogP contribution >= 0.6 is 0 Å². The summed E-state index contributed by atoms with van der Waals surface area (Å²) in [4.78, 5) is 26.0. The summed E-state index contributed by atoms with van der Waals surface area (Å²) >= 11 is 0. The van der Waals surface area contributed by atoms with Crippen LogP contribution in [0, 0.1) is 0 Å². The maximum absolute atomic E-state index is 14.5. The molecule has 1 unspecified atom stereocenters. The number of halogens is 1. The van der Waals surface area contributed by atoms with E-state index in [1.54, 1.807) is 13.8 Å². The molecule has 2 amide bonds. The van der Waals surface area contributed by atoms with Crippen LogP contribution in [-0.4, -0.2) is 60.8 Å². The van der Waals surface area contributed by atoms with Crippen molar-refractivity contribution in [2.75, 3.05) is 27.2 Å². The lowest BCUT2D eigenvalue weighted by atomic mass is 9.93. The topological polar surface area (TPSA) is 49.9 Å². The van der Waals surface area contributed by atoms with Crippen LogP contribution in [-0.2, 0) is 9.53 Å². The molecule has 104 valence electrons. The van der Waals surface area contributed by atoms with Crippen LogP contribution in [0.3, 0.4) is 0 Å². The average Bonchev–Trinajstić information content (AvgIpc) is 2.27. The van der Waals surface area contributed by atoms with Crippen molar-refractivity contribution in [3.63, 3.8) is 0 Å². The van der Waals surface area contributed by atoms with Crippen molar-refractivity contribution < 1.29 is 18.7 Å². The molecule has 0 aromatic heterocycles. The molecule has 1 aliphatic heterocycles. The Morgan fingerprint density at radius 1 is 1.39 bits per heavy atom. The lowest BCUT2D eigenvalue weighted by Gasteiger charge is -2.37. The minimum absolute atomic E-state index is 0.148. The van der Waals surface area contributed by atoms with Crippen LogP contribution in [0.2, 0.25) is 0 Å². The van der Waals surface area contributed by atoms with Gasteiger partial charge in [0.2, 0.25) is 5.67 Å². The van der Waals surface area contributed by atoms with Gasteiger partial charge in [-0.05, 0) is 26.7 Å². The van der Waals surface area contributed by atoms with Crippen molar-refractivity contribution in [1.29, 1.82) is 0 Å². The van der Waals surface area contributed by atoms with Crippen LogP contribution in [0.15, 0.2) is 0 Å². The number of piperidine rings is 1. The highest BCUT2D eigenvalue weighted by molar-refractivity contribution is 5.86. The standard InChI is InChI=1S/C12H21FN2O3/c1-9(2)18-11(17)15-7-5-6-12(13,8-15)10(16)14(3)4/h9H,5-8H2,1-4H3. The van der Waals surface area contributed by atoms with Gasteiger partial charge in [-0.2, -0.15) is 0 Å². The van der Waals surface area contributed by atoms with Gasteiger partial charge in [-0.25, -0.2) is 9.18 Å². The van der Waals surface area contributed by atoms with Gasteiger partial charge in [0.1, 0.15) is 0 Å². The molecule has 0 aromatic carbocycles. The molecule has 1 rings (SSSR count). The molecule has 0 radical (unpaired) electrons. The van der Waals surface area contributed by atoms with E-state index in [0.717, 1.165) is 0 Å². The van der Waals surface area contributed by atoms with E-state index in [1.807, 2.05) is 0 Å². The SMILES string of the molecule is CC(C)OC(=O)N1CCCC(F)(C(=O)N(C)C)C1. The second kappa shape index (κ2) is 5.54. The number of hydrogen-bond donors (Lipinski definition) is 0. The molecule has 18 heavy (non-hydrogen) atoms. The molecule has 0 N–H and O–H groups in total. The average molecular weight is 260 g/mol. The molecule has 0 bridgehead atoms. The highest BCUT2D eigenvalue weighted by Gasteiger charge is 2.45. The number of ether oxygens (including phenoxy) is 1.